The Bertz CT molecular complexity index is 192. The molecule has 3 nitrogen and oxygen atoms in total. The molecular formula is C10H17NO2. The molecule has 0 N–H and O–H groups in total. The number of ether oxygens (including phenoxy) is 2. The first-order valence-corrected chi connectivity index (χ1v) is 4.70. The van der Waals surface area contributed by atoms with Gasteiger partial charge in [0.2, 0.25) is 0 Å². The molecule has 0 atom stereocenters. The van der Waals surface area contributed by atoms with Gasteiger partial charge < -0.3 is 9.47 Å². The summed E-state index contributed by atoms with van der Waals surface area (Å²) in [5.41, 5.74) is -0.187. The summed E-state index contributed by atoms with van der Waals surface area (Å²) >= 11 is 0. The molecule has 0 aromatic carbocycles. The minimum Gasteiger partial charge on any atom is -0.382 e. The summed E-state index contributed by atoms with van der Waals surface area (Å²) in [6.07, 6.45) is 1.97. The molecule has 0 aromatic rings. The van der Waals surface area contributed by atoms with Gasteiger partial charge in [0.05, 0.1) is 31.3 Å². The van der Waals surface area contributed by atoms with E-state index in [1.54, 1.807) is 7.11 Å². The molecule has 0 spiro atoms. The van der Waals surface area contributed by atoms with Gasteiger partial charge in [0.25, 0.3) is 0 Å². The minimum atomic E-state index is -0.187. The summed E-state index contributed by atoms with van der Waals surface area (Å²) < 4.78 is 10.2. The van der Waals surface area contributed by atoms with Crippen LogP contribution in [-0.2, 0) is 9.47 Å². The van der Waals surface area contributed by atoms with Crippen molar-refractivity contribution in [3.8, 4) is 6.07 Å². The average Bonchev–Trinajstić information content (AvgIpc) is 2.08. The van der Waals surface area contributed by atoms with Crippen LogP contribution in [0, 0.1) is 22.7 Å². The van der Waals surface area contributed by atoms with E-state index in [-0.39, 0.29) is 5.41 Å². The maximum atomic E-state index is 8.95. The summed E-state index contributed by atoms with van der Waals surface area (Å²) in [5, 5.41) is 8.95. The van der Waals surface area contributed by atoms with Crippen molar-refractivity contribution in [1.82, 2.24) is 0 Å². The van der Waals surface area contributed by atoms with E-state index in [9.17, 15) is 0 Å². The Kier molecular flexibility index (Phi) is 3.71. The Labute approximate surface area is 79.6 Å². The number of methoxy groups -OCH3 is 1. The largest absolute Gasteiger partial charge is 0.382 e. The fraction of sp³-hybridized carbons (Fsp3) is 0.900. The van der Waals surface area contributed by atoms with Gasteiger partial charge in [-0.15, -0.1) is 0 Å². The lowest BCUT2D eigenvalue weighted by atomic mass is 9.64. The predicted molar refractivity (Wildman–Crippen MR) is 49.1 cm³/mol. The van der Waals surface area contributed by atoms with Crippen LogP contribution in [0.1, 0.15) is 19.8 Å². The van der Waals surface area contributed by atoms with E-state index >= 15 is 0 Å². The molecule has 13 heavy (non-hydrogen) atoms. The summed E-state index contributed by atoms with van der Waals surface area (Å²) in [6, 6.07) is 2.36. The Hall–Kier alpha value is -0.590. The van der Waals surface area contributed by atoms with E-state index in [0.717, 1.165) is 12.8 Å². The van der Waals surface area contributed by atoms with Crippen LogP contribution in [0.4, 0.5) is 0 Å². The summed E-state index contributed by atoms with van der Waals surface area (Å²) in [4.78, 5) is 0. The molecule has 0 heterocycles. The number of hydrogen-bond donors (Lipinski definition) is 0. The normalized spacial score (nSPS) is 32.2. The van der Waals surface area contributed by atoms with Crippen LogP contribution in [0.25, 0.3) is 0 Å². The number of rotatable bonds is 5. The molecule has 0 amide bonds. The van der Waals surface area contributed by atoms with Crippen molar-refractivity contribution in [3.63, 3.8) is 0 Å². The molecule has 0 radical (unpaired) electrons. The van der Waals surface area contributed by atoms with E-state index in [1.165, 1.54) is 0 Å². The highest BCUT2D eigenvalue weighted by Gasteiger charge is 2.42. The minimum absolute atomic E-state index is 0.187. The molecule has 0 saturated heterocycles. The average molecular weight is 183 g/mol. The molecule has 74 valence electrons. The topological polar surface area (TPSA) is 42.2 Å². The van der Waals surface area contributed by atoms with Gasteiger partial charge in [-0.05, 0) is 18.8 Å². The molecule has 0 aliphatic heterocycles. The van der Waals surface area contributed by atoms with Gasteiger partial charge in [-0.3, -0.25) is 0 Å². The second kappa shape index (κ2) is 4.59. The highest BCUT2D eigenvalue weighted by atomic mass is 16.5. The molecule has 1 saturated carbocycles. The van der Waals surface area contributed by atoms with Crippen LogP contribution in [0.15, 0.2) is 0 Å². The summed E-state index contributed by atoms with van der Waals surface area (Å²) in [5.74, 6) is 0.686. The lowest BCUT2D eigenvalue weighted by molar-refractivity contribution is -0.0130. The lowest BCUT2D eigenvalue weighted by Gasteiger charge is -2.40. The Balaban J connectivity index is 2.16. The van der Waals surface area contributed by atoms with E-state index in [0.29, 0.717) is 25.7 Å². The van der Waals surface area contributed by atoms with Gasteiger partial charge in [-0.25, -0.2) is 0 Å². The van der Waals surface area contributed by atoms with Gasteiger partial charge in [0.15, 0.2) is 0 Å². The fourth-order valence-electron chi connectivity index (χ4n) is 1.93. The predicted octanol–water partition coefficient (Wildman–Crippen LogP) is 1.59. The highest BCUT2D eigenvalue weighted by Crippen LogP contribution is 2.44. The SMILES string of the molecule is COCCOCC1(C#N)CC(C)C1. The maximum Gasteiger partial charge on any atom is 0.0812 e. The van der Waals surface area contributed by atoms with Crippen LogP contribution in [0.2, 0.25) is 0 Å². The first-order chi connectivity index (χ1) is 6.22. The van der Waals surface area contributed by atoms with Gasteiger partial charge >= 0.3 is 0 Å². The standard InChI is InChI=1S/C10H17NO2/c1-9-5-10(6-9,7-11)8-13-4-3-12-2/h9H,3-6,8H2,1-2H3. The third-order valence-corrected chi connectivity index (χ3v) is 2.53. The molecule has 0 bridgehead atoms. The van der Waals surface area contributed by atoms with Crippen LogP contribution in [-0.4, -0.2) is 26.9 Å². The van der Waals surface area contributed by atoms with E-state index in [2.05, 4.69) is 13.0 Å². The molecule has 1 fully saturated rings. The van der Waals surface area contributed by atoms with E-state index in [4.69, 9.17) is 14.7 Å². The zero-order valence-electron chi connectivity index (χ0n) is 8.38. The van der Waals surface area contributed by atoms with Crippen molar-refractivity contribution < 1.29 is 9.47 Å². The third-order valence-electron chi connectivity index (χ3n) is 2.53. The van der Waals surface area contributed by atoms with E-state index in [1.807, 2.05) is 0 Å². The van der Waals surface area contributed by atoms with Crippen molar-refractivity contribution in [2.75, 3.05) is 26.9 Å². The second-order valence-electron chi connectivity index (χ2n) is 3.95. The number of hydrogen-bond acceptors (Lipinski definition) is 3. The molecule has 0 unspecified atom stereocenters. The van der Waals surface area contributed by atoms with Crippen LogP contribution in [0.3, 0.4) is 0 Å². The zero-order chi connectivity index (χ0) is 9.73. The van der Waals surface area contributed by atoms with Gasteiger partial charge in [-0.2, -0.15) is 5.26 Å². The van der Waals surface area contributed by atoms with Crippen molar-refractivity contribution >= 4 is 0 Å². The van der Waals surface area contributed by atoms with Crippen LogP contribution >= 0.6 is 0 Å². The zero-order valence-corrected chi connectivity index (χ0v) is 8.38. The second-order valence-corrected chi connectivity index (χ2v) is 3.95. The van der Waals surface area contributed by atoms with Crippen molar-refractivity contribution in [1.29, 1.82) is 5.26 Å². The molecule has 0 aromatic heterocycles. The van der Waals surface area contributed by atoms with Gasteiger partial charge in [0, 0.05) is 7.11 Å². The number of nitriles is 1. The Morgan fingerprint density at radius 1 is 1.46 bits per heavy atom. The third kappa shape index (κ3) is 2.68. The molecule has 1 rings (SSSR count). The van der Waals surface area contributed by atoms with Crippen molar-refractivity contribution in [2.24, 2.45) is 11.3 Å². The quantitative estimate of drug-likeness (QED) is 0.608. The van der Waals surface area contributed by atoms with Gasteiger partial charge in [-0.1, -0.05) is 6.92 Å². The monoisotopic (exact) mass is 183 g/mol. The molecular weight excluding hydrogens is 166 g/mol. The Morgan fingerprint density at radius 3 is 2.62 bits per heavy atom. The van der Waals surface area contributed by atoms with Crippen LogP contribution in [0.5, 0.6) is 0 Å². The van der Waals surface area contributed by atoms with Crippen molar-refractivity contribution in [2.45, 2.75) is 19.8 Å². The number of nitrogens with zero attached hydrogens (tertiary/aromatic N) is 1. The Morgan fingerprint density at radius 2 is 2.15 bits per heavy atom. The molecule has 1 aliphatic carbocycles. The lowest BCUT2D eigenvalue weighted by Crippen LogP contribution is -2.38. The van der Waals surface area contributed by atoms with E-state index < -0.39 is 0 Å². The molecule has 3 heteroatoms. The first-order valence-electron chi connectivity index (χ1n) is 4.70. The smallest absolute Gasteiger partial charge is 0.0812 e. The van der Waals surface area contributed by atoms with Crippen LogP contribution < -0.4 is 0 Å². The summed E-state index contributed by atoms with van der Waals surface area (Å²) in [7, 11) is 1.65. The maximum absolute atomic E-state index is 8.95. The van der Waals surface area contributed by atoms with Gasteiger partial charge in [0.1, 0.15) is 0 Å². The summed E-state index contributed by atoms with van der Waals surface area (Å²) in [6.45, 7) is 3.94. The molecule has 1 aliphatic rings. The van der Waals surface area contributed by atoms with Crippen molar-refractivity contribution in [3.05, 3.63) is 0 Å². The fourth-order valence-corrected chi connectivity index (χ4v) is 1.93. The first kappa shape index (κ1) is 10.5. The highest BCUT2D eigenvalue weighted by molar-refractivity contribution is 5.07.